The fourth-order valence-electron chi connectivity index (χ4n) is 1.99. The summed E-state index contributed by atoms with van der Waals surface area (Å²) in [5, 5.41) is 3.12. The van der Waals surface area contributed by atoms with Crippen LogP contribution in [0.4, 0.5) is 5.69 Å². The molecule has 5 nitrogen and oxygen atoms in total. The van der Waals surface area contributed by atoms with Crippen molar-refractivity contribution in [3.8, 4) is 0 Å². The Labute approximate surface area is 130 Å². The van der Waals surface area contributed by atoms with Gasteiger partial charge in [0.15, 0.2) is 0 Å². The number of carbonyl (C=O) groups is 1. The minimum Gasteiger partial charge on any atom is -0.467 e. The fourth-order valence-corrected chi connectivity index (χ4v) is 1.99. The van der Waals surface area contributed by atoms with Crippen LogP contribution in [0, 0.1) is 0 Å². The number of hydrogen-bond acceptors (Lipinski definition) is 5. The summed E-state index contributed by atoms with van der Waals surface area (Å²) in [6.07, 6.45) is 1.63. The Bertz CT molecular complexity index is 580. The van der Waals surface area contributed by atoms with Crippen LogP contribution in [0.5, 0.6) is 0 Å². The van der Waals surface area contributed by atoms with E-state index in [9.17, 15) is 4.79 Å². The summed E-state index contributed by atoms with van der Waals surface area (Å²) < 4.78 is 15.8. The number of hydrogen-bond donors (Lipinski definition) is 1. The van der Waals surface area contributed by atoms with Crippen LogP contribution in [0.15, 0.2) is 47.1 Å². The first-order valence-electron chi connectivity index (χ1n) is 7.31. The molecule has 22 heavy (non-hydrogen) atoms. The van der Waals surface area contributed by atoms with E-state index < -0.39 is 0 Å². The molecule has 0 spiro atoms. The van der Waals surface area contributed by atoms with Gasteiger partial charge in [-0.2, -0.15) is 0 Å². The lowest BCUT2D eigenvalue weighted by atomic mass is 10.2. The van der Waals surface area contributed by atoms with Gasteiger partial charge in [-0.15, -0.1) is 0 Å². The summed E-state index contributed by atoms with van der Waals surface area (Å²) >= 11 is 0. The number of benzene rings is 1. The molecule has 0 saturated carbocycles. The predicted molar refractivity (Wildman–Crippen MR) is 83.4 cm³/mol. The molecule has 0 amide bonds. The van der Waals surface area contributed by atoms with Gasteiger partial charge in [-0.1, -0.05) is 12.1 Å². The van der Waals surface area contributed by atoms with Crippen LogP contribution in [-0.2, 0) is 27.5 Å². The molecule has 2 aromatic rings. The van der Waals surface area contributed by atoms with Gasteiger partial charge in [0.2, 0.25) is 0 Å². The maximum Gasteiger partial charge on any atom is 0.328 e. The Kier molecular flexibility index (Phi) is 6.03. The molecule has 2 rings (SSSR count). The molecule has 0 aliphatic rings. The summed E-state index contributed by atoms with van der Waals surface area (Å²) in [5.74, 6) is 0.534. The molecule has 0 fully saturated rings. The van der Waals surface area contributed by atoms with E-state index in [4.69, 9.17) is 13.9 Å². The maximum atomic E-state index is 11.6. The number of carbonyl (C=O) groups excluding carboxylic acids is 1. The Morgan fingerprint density at radius 1 is 1.27 bits per heavy atom. The van der Waals surface area contributed by atoms with E-state index in [1.165, 1.54) is 0 Å². The molecule has 0 aliphatic heterocycles. The normalized spacial score (nSPS) is 11.9. The van der Waals surface area contributed by atoms with Crippen LogP contribution >= 0.6 is 0 Å². The standard InChI is InChI=1S/C17H21NO4/c1-3-21-17(19)13(2)18-15-7-4-6-14(10-15)11-20-12-16-8-5-9-22-16/h4-10,13,18H,3,11-12H2,1-2H3/t13-/m1/s1. The molecular formula is C17H21NO4. The quantitative estimate of drug-likeness (QED) is 0.758. The number of ether oxygens (including phenoxy) is 2. The van der Waals surface area contributed by atoms with Crippen LogP contribution in [0.1, 0.15) is 25.2 Å². The molecule has 1 N–H and O–H groups in total. The number of furan rings is 1. The van der Waals surface area contributed by atoms with Crippen molar-refractivity contribution < 1.29 is 18.7 Å². The average Bonchev–Trinajstić information content (AvgIpc) is 3.01. The van der Waals surface area contributed by atoms with E-state index in [2.05, 4.69) is 5.32 Å². The smallest absolute Gasteiger partial charge is 0.328 e. The number of rotatable bonds is 8. The molecule has 0 bridgehead atoms. The molecule has 0 radical (unpaired) electrons. The number of nitrogens with one attached hydrogen (secondary N) is 1. The van der Waals surface area contributed by atoms with Crippen molar-refractivity contribution >= 4 is 11.7 Å². The lowest BCUT2D eigenvalue weighted by Crippen LogP contribution is -2.28. The highest BCUT2D eigenvalue weighted by atomic mass is 16.5. The number of anilines is 1. The first-order valence-corrected chi connectivity index (χ1v) is 7.31. The monoisotopic (exact) mass is 303 g/mol. The lowest BCUT2D eigenvalue weighted by molar-refractivity contribution is -0.143. The van der Waals surface area contributed by atoms with Crippen molar-refractivity contribution in [3.63, 3.8) is 0 Å². The summed E-state index contributed by atoms with van der Waals surface area (Å²) in [5.41, 5.74) is 1.88. The van der Waals surface area contributed by atoms with Gasteiger partial charge in [0.1, 0.15) is 18.4 Å². The minimum absolute atomic E-state index is 0.262. The van der Waals surface area contributed by atoms with Crippen molar-refractivity contribution in [3.05, 3.63) is 54.0 Å². The Morgan fingerprint density at radius 2 is 2.14 bits per heavy atom. The van der Waals surface area contributed by atoms with Gasteiger partial charge in [-0.25, -0.2) is 4.79 Å². The highest BCUT2D eigenvalue weighted by Crippen LogP contribution is 2.14. The van der Waals surface area contributed by atoms with Crippen molar-refractivity contribution in [1.82, 2.24) is 0 Å². The third-order valence-corrected chi connectivity index (χ3v) is 3.04. The summed E-state index contributed by atoms with van der Waals surface area (Å²) in [6.45, 7) is 4.86. The third kappa shape index (κ3) is 4.93. The predicted octanol–water partition coefficient (Wildman–Crippen LogP) is 3.36. The van der Waals surface area contributed by atoms with Crippen molar-refractivity contribution in [2.75, 3.05) is 11.9 Å². The molecule has 5 heteroatoms. The van der Waals surface area contributed by atoms with Crippen LogP contribution in [-0.4, -0.2) is 18.6 Å². The molecule has 0 unspecified atom stereocenters. The highest BCUT2D eigenvalue weighted by Gasteiger charge is 2.13. The zero-order chi connectivity index (χ0) is 15.8. The Morgan fingerprint density at radius 3 is 2.86 bits per heavy atom. The van der Waals surface area contributed by atoms with Crippen LogP contribution in [0.3, 0.4) is 0 Å². The van der Waals surface area contributed by atoms with Gasteiger partial charge in [-0.05, 0) is 43.7 Å². The first-order chi connectivity index (χ1) is 10.7. The average molecular weight is 303 g/mol. The van der Waals surface area contributed by atoms with Gasteiger partial charge >= 0.3 is 5.97 Å². The number of esters is 1. The van der Waals surface area contributed by atoms with Crippen molar-refractivity contribution in [2.45, 2.75) is 33.1 Å². The van der Waals surface area contributed by atoms with E-state index in [0.29, 0.717) is 19.8 Å². The van der Waals surface area contributed by atoms with Gasteiger partial charge in [0, 0.05) is 5.69 Å². The second-order valence-electron chi connectivity index (χ2n) is 4.89. The van der Waals surface area contributed by atoms with Crippen LogP contribution in [0.2, 0.25) is 0 Å². The molecule has 0 aliphatic carbocycles. The molecule has 1 aromatic carbocycles. The second-order valence-corrected chi connectivity index (χ2v) is 4.89. The Hall–Kier alpha value is -2.27. The molecule has 118 valence electrons. The van der Waals surface area contributed by atoms with Gasteiger partial charge in [0.25, 0.3) is 0 Å². The minimum atomic E-state index is -0.390. The summed E-state index contributed by atoms with van der Waals surface area (Å²) in [4.78, 5) is 11.6. The molecule has 0 saturated heterocycles. The molecule has 1 atom stereocenters. The van der Waals surface area contributed by atoms with Crippen LogP contribution < -0.4 is 5.32 Å². The zero-order valence-electron chi connectivity index (χ0n) is 12.9. The molecule has 1 heterocycles. The fraction of sp³-hybridized carbons (Fsp3) is 0.353. The van der Waals surface area contributed by atoms with Crippen molar-refractivity contribution in [2.24, 2.45) is 0 Å². The zero-order valence-corrected chi connectivity index (χ0v) is 12.9. The maximum absolute atomic E-state index is 11.6. The van der Waals surface area contributed by atoms with E-state index in [1.807, 2.05) is 36.4 Å². The lowest BCUT2D eigenvalue weighted by Gasteiger charge is -2.14. The Balaban J connectivity index is 1.85. The highest BCUT2D eigenvalue weighted by molar-refractivity contribution is 5.78. The largest absolute Gasteiger partial charge is 0.467 e. The van der Waals surface area contributed by atoms with E-state index in [1.54, 1.807) is 20.1 Å². The second kappa shape index (κ2) is 8.24. The SMILES string of the molecule is CCOC(=O)[C@@H](C)Nc1cccc(COCc2ccco2)c1. The van der Waals surface area contributed by atoms with Gasteiger partial charge in [-0.3, -0.25) is 0 Å². The van der Waals surface area contributed by atoms with E-state index in [0.717, 1.165) is 17.0 Å². The summed E-state index contributed by atoms with van der Waals surface area (Å²) in [6, 6.07) is 11.1. The van der Waals surface area contributed by atoms with Gasteiger partial charge < -0.3 is 19.2 Å². The molecule has 1 aromatic heterocycles. The van der Waals surface area contributed by atoms with E-state index >= 15 is 0 Å². The van der Waals surface area contributed by atoms with E-state index in [-0.39, 0.29) is 12.0 Å². The van der Waals surface area contributed by atoms with Crippen molar-refractivity contribution in [1.29, 1.82) is 0 Å². The summed E-state index contributed by atoms with van der Waals surface area (Å²) in [7, 11) is 0. The molecular weight excluding hydrogens is 282 g/mol. The third-order valence-electron chi connectivity index (χ3n) is 3.04. The first kappa shape index (κ1) is 16.1. The topological polar surface area (TPSA) is 60.7 Å². The van der Waals surface area contributed by atoms with Crippen LogP contribution in [0.25, 0.3) is 0 Å². The van der Waals surface area contributed by atoms with Gasteiger partial charge in [0.05, 0.1) is 19.5 Å².